The molecule has 1 saturated carbocycles. The third-order valence-corrected chi connectivity index (χ3v) is 4.97. The van der Waals surface area contributed by atoms with Gasteiger partial charge < -0.3 is 10.1 Å². The van der Waals surface area contributed by atoms with E-state index in [4.69, 9.17) is 28.6 Å². The smallest absolute Gasteiger partial charge is 0.343 e. The van der Waals surface area contributed by atoms with Crippen LogP contribution >= 0.6 is 23.8 Å². The molecule has 7 heteroatoms. The van der Waals surface area contributed by atoms with E-state index in [1.807, 2.05) is 12.1 Å². The van der Waals surface area contributed by atoms with Gasteiger partial charge in [-0.3, -0.25) is 5.43 Å². The van der Waals surface area contributed by atoms with Crippen molar-refractivity contribution in [2.75, 3.05) is 0 Å². The van der Waals surface area contributed by atoms with Crippen molar-refractivity contribution in [3.8, 4) is 5.75 Å². The van der Waals surface area contributed by atoms with Gasteiger partial charge in [-0.15, -0.1) is 0 Å². The maximum absolute atomic E-state index is 12.3. The summed E-state index contributed by atoms with van der Waals surface area (Å²) in [6.07, 6.45) is 7.61. The Bertz CT molecular complexity index is 849. The van der Waals surface area contributed by atoms with Crippen molar-refractivity contribution in [1.82, 2.24) is 10.7 Å². The van der Waals surface area contributed by atoms with E-state index >= 15 is 0 Å². The maximum Gasteiger partial charge on any atom is 0.343 e. The van der Waals surface area contributed by atoms with Gasteiger partial charge in [-0.1, -0.05) is 43.0 Å². The van der Waals surface area contributed by atoms with Crippen molar-refractivity contribution in [2.45, 2.75) is 38.1 Å². The zero-order chi connectivity index (χ0) is 19.8. The molecular weight excluding hydrogens is 394 g/mol. The lowest BCUT2D eigenvalue weighted by molar-refractivity contribution is 0.0734. The molecule has 1 fully saturated rings. The number of nitrogens with one attached hydrogen (secondary N) is 2. The lowest BCUT2D eigenvalue weighted by Gasteiger charge is -2.23. The topological polar surface area (TPSA) is 62.7 Å². The predicted octanol–water partition coefficient (Wildman–Crippen LogP) is 4.69. The summed E-state index contributed by atoms with van der Waals surface area (Å²) in [6, 6.07) is 14.1. The van der Waals surface area contributed by atoms with Crippen LogP contribution in [-0.2, 0) is 0 Å². The number of esters is 1. The molecule has 0 spiro atoms. The van der Waals surface area contributed by atoms with E-state index in [0.717, 1.165) is 12.8 Å². The molecule has 0 heterocycles. The predicted molar refractivity (Wildman–Crippen MR) is 116 cm³/mol. The molecule has 1 aliphatic rings. The second-order valence-electron chi connectivity index (χ2n) is 6.61. The van der Waals surface area contributed by atoms with Gasteiger partial charge >= 0.3 is 5.97 Å². The van der Waals surface area contributed by atoms with Gasteiger partial charge in [-0.05, 0) is 61.5 Å². The first kappa shape index (κ1) is 20.3. The molecule has 146 valence electrons. The van der Waals surface area contributed by atoms with Crippen LogP contribution in [0.1, 0.15) is 48.0 Å². The number of thiocarbonyl (C=S) groups is 1. The first-order valence-corrected chi connectivity index (χ1v) is 10.1. The minimum Gasteiger partial charge on any atom is -0.422 e. The van der Waals surface area contributed by atoms with Gasteiger partial charge in [0.1, 0.15) is 5.75 Å². The highest BCUT2D eigenvalue weighted by atomic mass is 35.5. The second kappa shape index (κ2) is 10.2. The van der Waals surface area contributed by atoms with Gasteiger partial charge in [0, 0.05) is 16.6 Å². The molecule has 0 unspecified atom stereocenters. The molecule has 28 heavy (non-hydrogen) atoms. The highest BCUT2D eigenvalue weighted by molar-refractivity contribution is 7.80. The molecule has 5 nitrogen and oxygen atoms in total. The minimum atomic E-state index is -0.458. The number of para-hydroxylation sites is 1. The molecule has 0 bridgehead atoms. The summed E-state index contributed by atoms with van der Waals surface area (Å²) in [5, 5.41) is 8.52. The molecule has 1 aliphatic carbocycles. The zero-order valence-corrected chi connectivity index (χ0v) is 16.9. The highest BCUT2D eigenvalue weighted by Gasteiger charge is 2.14. The maximum atomic E-state index is 12.3. The quantitative estimate of drug-likeness (QED) is 0.244. The van der Waals surface area contributed by atoms with Crippen LogP contribution in [0.25, 0.3) is 0 Å². The summed E-state index contributed by atoms with van der Waals surface area (Å²) >= 11 is 11.1. The zero-order valence-electron chi connectivity index (χ0n) is 15.4. The average molecular weight is 416 g/mol. The van der Waals surface area contributed by atoms with Crippen LogP contribution in [0.4, 0.5) is 0 Å². The summed E-state index contributed by atoms with van der Waals surface area (Å²) < 4.78 is 5.50. The molecular formula is C21H22ClN3O2S. The van der Waals surface area contributed by atoms with Crippen LogP contribution in [0.2, 0.25) is 5.02 Å². The lowest BCUT2D eigenvalue weighted by atomic mass is 9.96. The second-order valence-corrected chi connectivity index (χ2v) is 7.46. The molecule has 0 aliphatic heterocycles. The summed E-state index contributed by atoms with van der Waals surface area (Å²) in [4.78, 5) is 12.3. The Balaban J connectivity index is 1.58. The SMILES string of the molecule is O=C(Oc1ccccc1C=NNC(=S)NC1CCCCC1)c1ccc(Cl)cc1. The standard InChI is InChI=1S/C21H22ClN3O2S/c22-17-12-10-15(11-13-17)20(26)27-19-9-5-4-6-16(19)14-23-25-21(28)24-18-7-2-1-3-8-18/h4-6,9-14,18H,1-3,7-8H2,(H2,24,25,28). The Kier molecular flexibility index (Phi) is 7.39. The molecule has 0 aromatic heterocycles. The number of benzene rings is 2. The molecule has 0 amide bonds. The number of carbonyl (C=O) groups excluding carboxylic acids is 1. The van der Waals surface area contributed by atoms with E-state index in [1.54, 1.807) is 42.6 Å². The van der Waals surface area contributed by atoms with E-state index < -0.39 is 5.97 Å². The van der Waals surface area contributed by atoms with Crippen molar-refractivity contribution in [2.24, 2.45) is 5.10 Å². The monoisotopic (exact) mass is 415 g/mol. The van der Waals surface area contributed by atoms with Gasteiger partial charge in [-0.2, -0.15) is 5.10 Å². The number of hydrogen-bond acceptors (Lipinski definition) is 4. The number of carbonyl (C=O) groups is 1. The molecule has 0 saturated heterocycles. The van der Waals surface area contributed by atoms with Crippen molar-refractivity contribution in [1.29, 1.82) is 0 Å². The number of hydrazone groups is 1. The molecule has 2 aromatic rings. The summed E-state index contributed by atoms with van der Waals surface area (Å²) in [6.45, 7) is 0. The van der Waals surface area contributed by atoms with Crippen LogP contribution in [0, 0.1) is 0 Å². The third kappa shape index (κ3) is 6.04. The number of nitrogens with zero attached hydrogens (tertiary/aromatic N) is 1. The molecule has 0 radical (unpaired) electrons. The fraction of sp³-hybridized carbons (Fsp3) is 0.286. The van der Waals surface area contributed by atoms with Crippen molar-refractivity contribution in [3.63, 3.8) is 0 Å². The third-order valence-electron chi connectivity index (χ3n) is 4.51. The van der Waals surface area contributed by atoms with Crippen LogP contribution in [0.3, 0.4) is 0 Å². The highest BCUT2D eigenvalue weighted by Crippen LogP contribution is 2.19. The summed E-state index contributed by atoms with van der Waals surface area (Å²) in [5.41, 5.74) is 3.92. The molecule has 2 aromatic carbocycles. The molecule has 2 N–H and O–H groups in total. The minimum absolute atomic E-state index is 0.413. The van der Waals surface area contributed by atoms with Gasteiger partial charge in [0.2, 0.25) is 0 Å². The Hall–Kier alpha value is -2.44. The fourth-order valence-electron chi connectivity index (χ4n) is 3.05. The Morgan fingerprint density at radius 3 is 2.57 bits per heavy atom. The Morgan fingerprint density at radius 1 is 1.11 bits per heavy atom. The number of rotatable bonds is 5. The van der Waals surface area contributed by atoms with Crippen LogP contribution in [-0.4, -0.2) is 23.3 Å². The largest absolute Gasteiger partial charge is 0.422 e. The van der Waals surface area contributed by atoms with Crippen molar-refractivity contribution >= 4 is 41.1 Å². The lowest BCUT2D eigenvalue weighted by Crippen LogP contribution is -2.40. The van der Waals surface area contributed by atoms with E-state index in [1.165, 1.54) is 19.3 Å². The first-order valence-electron chi connectivity index (χ1n) is 9.28. The van der Waals surface area contributed by atoms with E-state index in [0.29, 0.717) is 33.1 Å². The van der Waals surface area contributed by atoms with Gasteiger partial charge in [-0.25, -0.2) is 4.79 Å². The summed E-state index contributed by atoms with van der Waals surface area (Å²) in [7, 11) is 0. The van der Waals surface area contributed by atoms with Crippen molar-refractivity contribution in [3.05, 3.63) is 64.7 Å². The molecule has 3 rings (SSSR count). The van der Waals surface area contributed by atoms with E-state index in [2.05, 4.69) is 15.8 Å². The fourth-order valence-corrected chi connectivity index (χ4v) is 3.40. The van der Waals surface area contributed by atoms with Crippen LogP contribution < -0.4 is 15.5 Å². The molecule has 0 atom stereocenters. The Morgan fingerprint density at radius 2 is 1.82 bits per heavy atom. The number of ether oxygens (including phenoxy) is 1. The first-order chi connectivity index (χ1) is 13.6. The van der Waals surface area contributed by atoms with E-state index in [-0.39, 0.29) is 0 Å². The van der Waals surface area contributed by atoms with Crippen molar-refractivity contribution < 1.29 is 9.53 Å². The number of halogens is 1. The number of hydrogen-bond donors (Lipinski definition) is 2. The van der Waals surface area contributed by atoms with E-state index in [9.17, 15) is 4.79 Å². The van der Waals surface area contributed by atoms with Gasteiger partial charge in [0.15, 0.2) is 5.11 Å². The van der Waals surface area contributed by atoms with Gasteiger partial charge in [0.05, 0.1) is 11.8 Å². The van der Waals surface area contributed by atoms with Crippen LogP contribution in [0.15, 0.2) is 53.6 Å². The summed E-state index contributed by atoms with van der Waals surface area (Å²) in [5.74, 6) is -0.0425. The Labute approximate surface area is 175 Å². The normalized spacial score (nSPS) is 14.6. The van der Waals surface area contributed by atoms with Gasteiger partial charge in [0.25, 0.3) is 0 Å². The average Bonchev–Trinajstić information content (AvgIpc) is 2.70. The van der Waals surface area contributed by atoms with Crippen LogP contribution in [0.5, 0.6) is 5.75 Å².